The van der Waals surface area contributed by atoms with Crippen molar-refractivity contribution in [3.63, 3.8) is 0 Å². The molecule has 2 rings (SSSR count). The van der Waals surface area contributed by atoms with Crippen molar-refractivity contribution in [3.8, 4) is 0 Å². The van der Waals surface area contributed by atoms with Crippen molar-refractivity contribution in [1.82, 2.24) is 4.98 Å². The summed E-state index contributed by atoms with van der Waals surface area (Å²) in [6.45, 7) is 3.80. The molecule has 2 nitrogen and oxygen atoms in total. The SMILES string of the molecule is Cc1nc(CC(=O)Cc2cc(F)ccc2C)cs1. The molecule has 0 radical (unpaired) electrons. The highest BCUT2D eigenvalue weighted by atomic mass is 32.1. The van der Waals surface area contributed by atoms with E-state index in [1.54, 1.807) is 6.07 Å². The number of hydrogen-bond acceptors (Lipinski definition) is 3. The highest BCUT2D eigenvalue weighted by Gasteiger charge is 2.10. The molecule has 4 heteroatoms. The zero-order valence-electron chi connectivity index (χ0n) is 10.4. The normalized spacial score (nSPS) is 10.6. The Morgan fingerprint density at radius 1 is 1.33 bits per heavy atom. The van der Waals surface area contributed by atoms with E-state index in [1.807, 2.05) is 19.2 Å². The second kappa shape index (κ2) is 5.40. The predicted octanol–water partition coefficient (Wildman–Crippen LogP) is 3.25. The molecule has 0 bridgehead atoms. The van der Waals surface area contributed by atoms with E-state index in [0.717, 1.165) is 21.8 Å². The molecule has 0 saturated carbocycles. The molecule has 1 aromatic carbocycles. The van der Waals surface area contributed by atoms with Crippen LogP contribution in [0, 0.1) is 19.7 Å². The van der Waals surface area contributed by atoms with Gasteiger partial charge in [-0.15, -0.1) is 11.3 Å². The average Bonchev–Trinajstić information content (AvgIpc) is 2.69. The highest BCUT2D eigenvalue weighted by Crippen LogP contribution is 2.14. The van der Waals surface area contributed by atoms with Crippen molar-refractivity contribution < 1.29 is 9.18 Å². The summed E-state index contributed by atoms with van der Waals surface area (Å²) in [5.74, 6) is -0.234. The van der Waals surface area contributed by atoms with Crippen LogP contribution in [-0.2, 0) is 17.6 Å². The van der Waals surface area contributed by atoms with Gasteiger partial charge in [-0.05, 0) is 37.1 Å². The third kappa shape index (κ3) is 3.23. The van der Waals surface area contributed by atoms with Gasteiger partial charge in [-0.2, -0.15) is 0 Å². The zero-order chi connectivity index (χ0) is 13.1. The lowest BCUT2D eigenvalue weighted by Gasteiger charge is -2.04. The molecular formula is C14H14FNOS. The fraction of sp³-hybridized carbons (Fsp3) is 0.286. The highest BCUT2D eigenvalue weighted by molar-refractivity contribution is 7.09. The number of aryl methyl sites for hydroxylation is 2. The van der Waals surface area contributed by atoms with Crippen molar-refractivity contribution in [1.29, 1.82) is 0 Å². The lowest BCUT2D eigenvalue weighted by molar-refractivity contribution is -0.117. The first-order chi connectivity index (χ1) is 8.54. The molecule has 1 aromatic heterocycles. The van der Waals surface area contributed by atoms with Gasteiger partial charge in [0.15, 0.2) is 0 Å². The van der Waals surface area contributed by atoms with Crippen molar-refractivity contribution in [3.05, 3.63) is 51.2 Å². The standard InChI is InChI=1S/C14H14FNOS/c1-9-3-4-12(15)5-11(9)6-14(17)7-13-8-18-10(2)16-13/h3-5,8H,6-7H2,1-2H3. The minimum atomic E-state index is -0.298. The predicted molar refractivity (Wildman–Crippen MR) is 70.4 cm³/mol. The minimum absolute atomic E-state index is 0.0639. The fourth-order valence-electron chi connectivity index (χ4n) is 1.80. The summed E-state index contributed by atoms with van der Waals surface area (Å²) >= 11 is 1.53. The van der Waals surface area contributed by atoms with Gasteiger partial charge in [-0.1, -0.05) is 6.07 Å². The largest absolute Gasteiger partial charge is 0.299 e. The monoisotopic (exact) mass is 263 g/mol. The van der Waals surface area contributed by atoms with E-state index >= 15 is 0 Å². The first kappa shape index (κ1) is 12.9. The van der Waals surface area contributed by atoms with E-state index in [2.05, 4.69) is 4.98 Å². The van der Waals surface area contributed by atoms with Gasteiger partial charge in [0.25, 0.3) is 0 Å². The molecule has 94 valence electrons. The zero-order valence-corrected chi connectivity index (χ0v) is 11.2. The van der Waals surface area contributed by atoms with Crippen LogP contribution in [-0.4, -0.2) is 10.8 Å². The Bertz CT molecular complexity index is 577. The summed E-state index contributed by atoms with van der Waals surface area (Å²) in [6.07, 6.45) is 0.584. The molecule has 0 unspecified atom stereocenters. The fourth-order valence-corrected chi connectivity index (χ4v) is 2.41. The Morgan fingerprint density at radius 3 is 2.78 bits per heavy atom. The van der Waals surface area contributed by atoms with Crippen molar-refractivity contribution in [2.24, 2.45) is 0 Å². The van der Waals surface area contributed by atoms with Gasteiger partial charge in [0, 0.05) is 18.2 Å². The van der Waals surface area contributed by atoms with Gasteiger partial charge in [0.05, 0.1) is 10.7 Å². The lowest BCUT2D eigenvalue weighted by Crippen LogP contribution is -2.08. The Hall–Kier alpha value is -1.55. The Labute approximate surface area is 110 Å². The van der Waals surface area contributed by atoms with E-state index < -0.39 is 0 Å². The second-order valence-corrected chi connectivity index (χ2v) is 5.38. The quantitative estimate of drug-likeness (QED) is 0.847. The number of thiazole rings is 1. The van der Waals surface area contributed by atoms with Crippen LogP contribution in [0.3, 0.4) is 0 Å². The van der Waals surface area contributed by atoms with Crippen molar-refractivity contribution in [2.45, 2.75) is 26.7 Å². The summed E-state index contributed by atoms with van der Waals surface area (Å²) in [5, 5.41) is 2.85. The van der Waals surface area contributed by atoms with Gasteiger partial charge in [-0.3, -0.25) is 4.79 Å². The molecule has 0 atom stereocenters. The first-order valence-corrected chi connectivity index (χ1v) is 6.60. The maximum Gasteiger partial charge on any atom is 0.143 e. The Morgan fingerprint density at radius 2 is 2.11 bits per heavy atom. The van der Waals surface area contributed by atoms with Crippen LogP contribution in [0.5, 0.6) is 0 Å². The van der Waals surface area contributed by atoms with E-state index in [4.69, 9.17) is 0 Å². The van der Waals surface area contributed by atoms with Gasteiger partial charge in [-0.25, -0.2) is 9.37 Å². The number of hydrogen-bond donors (Lipinski definition) is 0. The number of benzene rings is 1. The average molecular weight is 263 g/mol. The molecule has 18 heavy (non-hydrogen) atoms. The molecule has 2 aromatic rings. The number of aromatic nitrogens is 1. The molecule has 0 amide bonds. The van der Waals surface area contributed by atoms with E-state index in [-0.39, 0.29) is 18.0 Å². The van der Waals surface area contributed by atoms with Gasteiger partial charge >= 0.3 is 0 Å². The van der Waals surface area contributed by atoms with Crippen LogP contribution in [0.4, 0.5) is 4.39 Å². The number of rotatable bonds is 4. The number of Topliss-reactive ketones (excluding diaryl/α,β-unsaturated/α-hetero) is 1. The van der Waals surface area contributed by atoms with Gasteiger partial charge < -0.3 is 0 Å². The molecule has 0 spiro atoms. The number of carbonyl (C=O) groups is 1. The summed E-state index contributed by atoms with van der Waals surface area (Å²) in [7, 11) is 0. The number of carbonyl (C=O) groups excluding carboxylic acids is 1. The first-order valence-electron chi connectivity index (χ1n) is 5.72. The van der Waals surface area contributed by atoms with E-state index in [0.29, 0.717) is 6.42 Å². The summed E-state index contributed by atoms with van der Waals surface area (Å²) in [4.78, 5) is 16.2. The molecule has 0 aliphatic rings. The van der Waals surface area contributed by atoms with Crippen molar-refractivity contribution >= 4 is 17.1 Å². The number of ketones is 1. The van der Waals surface area contributed by atoms with E-state index in [1.165, 1.54) is 23.5 Å². The van der Waals surface area contributed by atoms with Crippen LogP contribution >= 0.6 is 11.3 Å². The van der Waals surface area contributed by atoms with E-state index in [9.17, 15) is 9.18 Å². The minimum Gasteiger partial charge on any atom is -0.299 e. The summed E-state index contributed by atoms with van der Waals surface area (Å²) < 4.78 is 13.1. The van der Waals surface area contributed by atoms with Crippen LogP contribution in [0.25, 0.3) is 0 Å². The Balaban J connectivity index is 2.05. The lowest BCUT2D eigenvalue weighted by atomic mass is 10.0. The maximum atomic E-state index is 13.1. The van der Waals surface area contributed by atoms with Crippen LogP contribution in [0.15, 0.2) is 23.6 Å². The molecule has 0 aliphatic carbocycles. The maximum absolute atomic E-state index is 13.1. The topological polar surface area (TPSA) is 30.0 Å². The van der Waals surface area contributed by atoms with Crippen LogP contribution < -0.4 is 0 Å². The third-order valence-corrected chi connectivity index (χ3v) is 3.57. The van der Waals surface area contributed by atoms with Crippen molar-refractivity contribution in [2.75, 3.05) is 0 Å². The summed E-state index contributed by atoms with van der Waals surface area (Å²) in [6, 6.07) is 4.54. The smallest absolute Gasteiger partial charge is 0.143 e. The second-order valence-electron chi connectivity index (χ2n) is 4.32. The van der Waals surface area contributed by atoms with Gasteiger partial charge in [0.1, 0.15) is 11.6 Å². The summed E-state index contributed by atoms with van der Waals surface area (Å²) in [5.41, 5.74) is 2.50. The number of halogens is 1. The molecular weight excluding hydrogens is 249 g/mol. The van der Waals surface area contributed by atoms with Gasteiger partial charge in [0.2, 0.25) is 0 Å². The molecule has 0 N–H and O–H groups in total. The van der Waals surface area contributed by atoms with Crippen LogP contribution in [0.1, 0.15) is 21.8 Å². The molecule has 0 fully saturated rings. The Kier molecular flexibility index (Phi) is 3.87. The third-order valence-electron chi connectivity index (χ3n) is 2.74. The molecule has 0 saturated heterocycles. The number of nitrogens with zero attached hydrogens (tertiary/aromatic N) is 1. The van der Waals surface area contributed by atoms with Crippen LogP contribution in [0.2, 0.25) is 0 Å². The molecule has 0 aliphatic heterocycles. The molecule has 1 heterocycles.